The molecule has 0 saturated carbocycles. The highest BCUT2D eigenvalue weighted by Crippen LogP contribution is 2.34. The molecule has 2 aromatic rings. The minimum Gasteiger partial charge on any atom is -0.475 e. The lowest BCUT2D eigenvalue weighted by Gasteiger charge is -2.32. The van der Waals surface area contributed by atoms with Gasteiger partial charge in [-0.2, -0.15) is 18.3 Å². The molecule has 1 spiro atoms. The van der Waals surface area contributed by atoms with Gasteiger partial charge in [-0.15, -0.1) is 0 Å². The summed E-state index contributed by atoms with van der Waals surface area (Å²) in [6.45, 7) is 4.64. The smallest absolute Gasteiger partial charge is 0.475 e. The fourth-order valence-corrected chi connectivity index (χ4v) is 3.83. The average molecular weight is 459 g/mol. The Kier molecular flexibility index (Phi) is 7.86. The largest absolute Gasteiger partial charge is 0.490 e. The Morgan fingerprint density at radius 1 is 1.28 bits per heavy atom. The third-order valence-corrected chi connectivity index (χ3v) is 5.28. The first kappa shape index (κ1) is 24.1. The molecule has 176 valence electrons. The lowest BCUT2D eigenvalue weighted by molar-refractivity contribution is -0.192. The first-order chi connectivity index (χ1) is 15.2. The molecule has 7 nitrogen and oxygen atoms in total. The summed E-state index contributed by atoms with van der Waals surface area (Å²) in [6, 6.07) is 8.68. The number of carbonyl (C=O) groups is 1. The van der Waals surface area contributed by atoms with Gasteiger partial charge in [0.1, 0.15) is 11.4 Å². The van der Waals surface area contributed by atoms with Crippen molar-refractivity contribution in [3.8, 4) is 0 Å². The molecule has 2 aliphatic rings. The van der Waals surface area contributed by atoms with Crippen molar-refractivity contribution in [1.29, 1.82) is 0 Å². The van der Waals surface area contributed by atoms with E-state index in [1.807, 2.05) is 29.1 Å². The summed E-state index contributed by atoms with van der Waals surface area (Å²) < 4.78 is 59.1. The summed E-state index contributed by atoms with van der Waals surface area (Å²) >= 11 is 0. The molecule has 0 bridgehead atoms. The number of carboxylic acids is 1. The van der Waals surface area contributed by atoms with Crippen molar-refractivity contribution in [3.63, 3.8) is 0 Å². The van der Waals surface area contributed by atoms with Crippen LogP contribution < -0.4 is 0 Å². The van der Waals surface area contributed by atoms with E-state index in [0.717, 1.165) is 44.6 Å². The number of ether oxygens (including phenoxy) is 2. The highest BCUT2D eigenvalue weighted by atomic mass is 19.4. The van der Waals surface area contributed by atoms with Crippen LogP contribution in [-0.2, 0) is 27.4 Å². The van der Waals surface area contributed by atoms with Crippen LogP contribution in [0, 0.1) is 5.82 Å². The van der Waals surface area contributed by atoms with Gasteiger partial charge in [-0.3, -0.25) is 9.58 Å². The zero-order chi connectivity index (χ0) is 23.2. The second kappa shape index (κ2) is 10.4. The number of rotatable bonds is 4. The number of nitrogens with zero attached hydrogens (tertiary/aromatic N) is 3. The predicted molar refractivity (Wildman–Crippen MR) is 105 cm³/mol. The Hall–Kier alpha value is -2.50. The van der Waals surface area contributed by atoms with Crippen molar-refractivity contribution < 1.29 is 36.9 Å². The molecule has 2 saturated heterocycles. The molecule has 2 atom stereocenters. The molecule has 1 N–H and O–H groups in total. The Labute approximate surface area is 182 Å². The van der Waals surface area contributed by atoms with E-state index in [9.17, 15) is 17.6 Å². The summed E-state index contributed by atoms with van der Waals surface area (Å²) in [5, 5.41) is 11.4. The zero-order valence-electron chi connectivity index (χ0n) is 17.3. The highest BCUT2D eigenvalue weighted by molar-refractivity contribution is 5.73. The van der Waals surface area contributed by atoms with Crippen molar-refractivity contribution in [2.45, 2.75) is 43.8 Å². The van der Waals surface area contributed by atoms with Gasteiger partial charge in [0, 0.05) is 32.0 Å². The van der Waals surface area contributed by atoms with E-state index in [2.05, 4.69) is 10.00 Å². The Balaban J connectivity index is 0.000000360. The van der Waals surface area contributed by atoms with Crippen LogP contribution in [0.5, 0.6) is 0 Å². The van der Waals surface area contributed by atoms with Crippen LogP contribution in [0.4, 0.5) is 17.6 Å². The monoisotopic (exact) mass is 459 g/mol. The Bertz CT molecular complexity index is 861. The first-order valence-electron chi connectivity index (χ1n) is 10.2. The average Bonchev–Trinajstić information content (AvgIpc) is 3.32. The fourth-order valence-electron chi connectivity index (χ4n) is 3.83. The van der Waals surface area contributed by atoms with Crippen molar-refractivity contribution in [3.05, 3.63) is 54.1 Å². The van der Waals surface area contributed by atoms with Gasteiger partial charge in [-0.25, -0.2) is 9.18 Å². The van der Waals surface area contributed by atoms with Gasteiger partial charge in [0.15, 0.2) is 0 Å². The van der Waals surface area contributed by atoms with Gasteiger partial charge in [0.25, 0.3) is 0 Å². The second-order valence-electron chi connectivity index (χ2n) is 7.88. The maximum atomic E-state index is 13.1. The van der Waals surface area contributed by atoms with Gasteiger partial charge in [0.2, 0.25) is 0 Å². The lowest BCUT2D eigenvalue weighted by Crippen LogP contribution is -2.44. The highest BCUT2D eigenvalue weighted by Gasteiger charge is 2.43. The predicted octanol–water partition coefficient (Wildman–Crippen LogP) is 3.11. The fraction of sp³-hybridized carbons (Fsp3) is 0.524. The second-order valence-corrected chi connectivity index (χ2v) is 7.88. The lowest BCUT2D eigenvalue weighted by atomic mass is 10.00. The van der Waals surface area contributed by atoms with E-state index in [0.29, 0.717) is 13.2 Å². The number of hydrogen-bond acceptors (Lipinski definition) is 5. The Morgan fingerprint density at radius 2 is 2.00 bits per heavy atom. The molecule has 2 fully saturated rings. The van der Waals surface area contributed by atoms with Crippen molar-refractivity contribution in [1.82, 2.24) is 14.7 Å². The molecule has 11 heteroatoms. The van der Waals surface area contributed by atoms with Crippen LogP contribution in [0.3, 0.4) is 0 Å². The molecule has 2 unspecified atom stereocenters. The van der Waals surface area contributed by atoms with E-state index in [-0.39, 0.29) is 17.5 Å². The van der Waals surface area contributed by atoms with Gasteiger partial charge in [-0.05, 0) is 36.6 Å². The summed E-state index contributed by atoms with van der Waals surface area (Å²) in [6.07, 6.45) is 0.879. The van der Waals surface area contributed by atoms with E-state index in [1.54, 1.807) is 6.20 Å². The molecular formula is C21H25F4N3O4. The summed E-state index contributed by atoms with van der Waals surface area (Å²) in [5.41, 5.74) is 0.874. The van der Waals surface area contributed by atoms with Gasteiger partial charge in [-0.1, -0.05) is 12.1 Å². The standard InChI is InChI=1S/C19H24FN3O2.C2HF3O2/c20-17-4-2-16(3-5-17)12-22-10-11-24-15-19(14-22)7-6-18(25-19)13-23-9-1-8-21-23;3-2(4,5)1(6)7/h1-5,8-9,18H,6-7,10-15H2;(H,6,7). The number of halogens is 4. The van der Waals surface area contributed by atoms with Crippen molar-refractivity contribution in [2.75, 3.05) is 26.3 Å². The van der Waals surface area contributed by atoms with Crippen LogP contribution in [0.2, 0.25) is 0 Å². The minimum atomic E-state index is -5.08. The number of aromatic nitrogens is 2. The van der Waals surface area contributed by atoms with Crippen LogP contribution in [0.15, 0.2) is 42.7 Å². The number of benzene rings is 1. The van der Waals surface area contributed by atoms with Crippen molar-refractivity contribution in [2.24, 2.45) is 0 Å². The molecule has 32 heavy (non-hydrogen) atoms. The maximum Gasteiger partial charge on any atom is 0.490 e. The quantitative estimate of drug-likeness (QED) is 0.709. The molecule has 0 amide bonds. The third-order valence-electron chi connectivity index (χ3n) is 5.28. The first-order valence-corrected chi connectivity index (χ1v) is 10.2. The van der Waals surface area contributed by atoms with Crippen LogP contribution in [0.25, 0.3) is 0 Å². The van der Waals surface area contributed by atoms with Crippen LogP contribution in [0.1, 0.15) is 18.4 Å². The minimum absolute atomic E-state index is 0.175. The zero-order valence-corrected chi connectivity index (χ0v) is 17.3. The maximum absolute atomic E-state index is 13.1. The number of carboxylic acid groups (broad SMARTS) is 1. The van der Waals surface area contributed by atoms with E-state index in [4.69, 9.17) is 19.4 Å². The van der Waals surface area contributed by atoms with E-state index in [1.165, 1.54) is 12.1 Å². The number of hydrogen-bond donors (Lipinski definition) is 1. The molecule has 0 aliphatic carbocycles. The molecular weight excluding hydrogens is 434 g/mol. The van der Waals surface area contributed by atoms with Crippen molar-refractivity contribution >= 4 is 5.97 Å². The van der Waals surface area contributed by atoms with Gasteiger partial charge >= 0.3 is 12.1 Å². The summed E-state index contributed by atoms with van der Waals surface area (Å²) in [4.78, 5) is 11.3. The summed E-state index contributed by atoms with van der Waals surface area (Å²) in [7, 11) is 0. The van der Waals surface area contributed by atoms with Crippen LogP contribution in [-0.4, -0.2) is 69.9 Å². The topological polar surface area (TPSA) is 76.8 Å². The van der Waals surface area contributed by atoms with Crippen LogP contribution >= 0.6 is 0 Å². The molecule has 0 radical (unpaired) electrons. The van der Waals surface area contributed by atoms with E-state index < -0.39 is 12.1 Å². The molecule has 4 rings (SSSR count). The SMILES string of the molecule is Fc1ccc(CN2CCOCC3(CCC(Cn4cccn4)O3)C2)cc1.O=C(O)C(F)(F)F. The molecule has 1 aromatic carbocycles. The van der Waals surface area contributed by atoms with Gasteiger partial charge < -0.3 is 14.6 Å². The van der Waals surface area contributed by atoms with Gasteiger partial charge in [0.05, 0.1) is 25.9 Å². The normalized spacial score (nSPS) is 24.1. The Morgan fingerprint density at radius 3 is 2.62 bits per heavy atom. The van der Waals surface area contributed by atoms with E-state index >= 15 is 0 Å². The third kappa shape index (κ3) is 7.01. The molecule has 1 aromatic heterocycles. The molecule has 2 aliphatic heterocycles. The number of alkyl halides is 3. The number of aliphatic carboxylic acids is 1. The summed E-state index contributed by atoms with van der Waals surface area (Å²) in [5.74, 6) is -2.95. The molecule has 3 heterocycles.